The van der Waals surface area contributed by atoms with Crippen molar-refractivity contribution in [1.82, 2.24) is 25.1 Å². The van der Waals surface area contributed by atoms with E-state index in [1.807, 2.05) is 10.3 Å². The fraction of sp³-hybridized carbons (Fsp3) is 0.625. The number of amides is 1. The van der Waals surface area contributed by atoms with Crippen molar-refractivity contribution in [3.05, 3.63) is 43.4 Å². The minimum atomic E-state index is -0.872. The molecule has 0 radical (unpaired) electrons. The molecule has 2 saturated heterocycles. The second-order valence-corrected chi connectivity index (χ2v) is 16.1. The summed E-state index contributed by atoms with van der Waals surface area (Å²) in [5.74, 6) is 1.89. The van der Waals surface area contributed by atoms with Gasteiger partial charge in [-0.2, -0.15) is 0 Å². The number of morpholine rings is 1. The lowest BCUT2D eigenvalue weighted by atomic mass is 9.89. The number of hydrogen-bond donors (Lipinski definition) is 3. The first-order valence-electron chi connectivity index (χ1n) is 16.3. The van der Waals surface area contributed by atoms with Crippen LogP contribution >= 0.6 is 22.7 Å². The topological polar surface area (TPSA) is 160 Å². The van der Waals surface area contributed by atoms with Crippen molar-refractivity contribution in [2.75, 3.05) is 63.9 Å². The number of unbranched alkanes of at least 4 members (excludes halogenated alkanes) is 1. The molecular weight excluding hydrogens is 663 g/mol. The number of likely N-dealkylation sites (tertiary alicyclic amines) is 1. The van der Waals surface area contributed by atoms with Gasteiger partial charge >= 0.3 is 4.87 Å². The first-order chi connectivity index (χ1) is 22.7. The maximum atomic E-state index is 13.1. The van der Waals surface area contributed by atoms with Crippen LogP contribution in [0.5, 0.6) is 5.75 Å². The van der Waals surface area contributed by atoms with Crippen molar-refractivity contribution in [3.63, 3.8) is 0 Å². The predicted octanol–water partition coefficient (Wildman–Crippen LogP) is 3.25. The molecule has 2 aliphatic rings. The molecule has 1 aromatic carbocycles. The van der Waals surface area contributed by atoms with Gasteiger partial charge in [-0.25, -0.2) is 4.98 Å². The smallest absolute Gasteiger partial charge is 0.305 e. The summed E-state index contributed by atoms with van der Waals surface area (Å²) in [6.07, 6.45) is 3.48. The van der Waals surface area contributed by atoms with E-state index in [0.717, 1.165) is 68.1 Å². The third kappa shape index (κ3) is 9.41. The summed E-state index contributed by atoms with van der Waals surface area (Å²) >= 11 is 1.64. The van der Waals surface area contributed by atoms with Crippen LogP contribution in [0.1, 0.15) is 79.0 Å². The van der Waals surface area contributed by atoms with E-state index in [2.05, 4.69) is 34.0 Å². The van der Waals surface area contributed by atoms with Gasteiger partial charge in [0.2, 0.25) is 0 Å². The molecule has 47 heavy (non-hydrogen) atoms. The van der Waals surface area contributed by atoms with E-state index in [1.165, 1.54) is 0 Å². The molecule has 2 aliphatic heterocycles. The van der Waals surface area contributed by atoms with Gasteiger partial charge in [0.25, 0.3) is 12.4 Å². The highest BCUT2D eigenvalue weighted by Gasteiger charge is 2.41. The number of benzene rings is 1. The van der Waals surface area contributed by atoms with Gasteiger partial charge < -0.3 is 39.2 Å². The number of fused-ring (bicyclic) bond motifs is 1. The SMILES string of the molecule is CC(C)c1nc(C(=O)N2CCOC3(CCN(CCC[S+]([O-])CCCCNC[C@H](O)c4ccc(OC=O)c5[nH]c(=O)sc45)CC3)C2)cs1. The average molecular weight is 708 g/mol. The Bertz CT molecular complexity index is 1530. The summed E-state index contributed by atoms with van der Waals surface area (Å²) in [6, 6.07) is 3.22. The number of aliphatic hydroxyl groups excluding tert-OH is 1. The summed E-state index contributed by atoms with van der Waals surface area (Å²) < 4.78 is 24.4. The van der Waals surface area contributed by atoms with Crippen molar-refractivity contribution in [2.24, 2.45) is 0 Å². The third-order valence-electron chi connectivity index (χ3n) is 8.80. The first kappa shape index (κ1) is 35.9. The number of H-pyrrole nitrogens is 1. The summed E-state index contributed by atoms with van der Waals surface area (Å²) in [5, 5.41) is 16.8. The maximum Gasteiger partial charge on any atom is 0.305 e. The molecule has 3 N–H and O–H groups in total. The number of carbonyl (C=O) groups is 2. The lowest BCUT2D eigenvalue weighted by molar-refractivity contribution is -0.127. The zero-order valence-corrected chi connectivity index (χ0v) is 29.5. The van der Waals surface area contributed by atoms with E-state index in [1.54, 1.807) is 23.5 Å². The Morgan fingerprint density at radius 2 is 2.04 bits per heavy atom. The van der Waals surface area contributed by atoms with E-state index in [4.69, 9.17) is 9.47 Å². The highest BCUT2D eigenvalue weighted by Crippen LogP contribution is 2.33. The van der Waals surface area contributed by atoms with Crippen molar-refractivity contribution in [3.8, 4) is 5.75 Å². The van der Waals surface area contributed by atoms with Crippen LogP contribution in [0.15, 0.2) is 22.3 Å². The van der Waals surface area contributed by atoms with Crippen LogP contribution in [0.3, 0.4) is 0 Å². The van der Waals surface area contributed by atoms with Crippen molar-refractivity contribution >= 4 is 56.4 Å². The van der Waals surface area contributed by atoms with Gasteiger partial charge in [-0.3, -0.25) is 14.4 Å². The second kappa shape index (κ2) is 16.8. The molecule has 2 fully saturated rings. The summed E-state index contributed by atoms with van der Waals surface area (Å²) in [5.41, 5.74) is 1.25. The number of aromatic nitrogens is 2. The molecule has 0 saturated carbocycles. The Kier molecular flexibility index (Phi) is 12.9. The van der Waals surface area contributed by atoms with Gasteiger partial charge in [0.15, 0.2) is 5.75 Å². The normalized spacial score (nSPS) is 18.2. The van der Waals surface area contributed by atoms with Crippen LogP contribution in [-0.2, 0) is 20.7 Å². The van der Waals surface area contributed by atoms with Gasteiger partial charge in [0.1, 0.15) is 22.7 Å². The zero-order chi connectivity index (χ0) is 33.4. The number of aromatic amines is 1. The van der Waals surface area contributed by atoms with E-state index >= 15 is 0 Å². The molecule has 1 unspecified atom stereocenters. The number of aliphatic hydroxyl groups is 1. The first-order valence-corrected chi connectivity index (χ1v) is 19.5. The fourth-order valence-corrected chi connectivity index (χ4v) is 9.08. The monoisotopic (exact) mass is 707 g/mol. The Labute approximate surface area is 286 Å². The molecule has 5 rings (SSSR count). The highest BCUT2D eigenvalue weighted by molar-refractivity contribution is 7.91. The Balaban J connectivity index is 0.940. The molecule has 0 bridgehead atoms. The van der Waals surface area contributed by atoms with Crippen LogP contribution in [0.4, 0.5) is 0 Å². The molecule has 2 atom stereocenters. The number of piperidine rings is 1. The van der Waals surface area contributed by atoms with Gasteiger partial charge in [-0.1, -0.05) is 42.4 Å². The zero-order valence-electron chi connectivity index (χ0n) is 27.0. The molecule has 2 aromatic heterocycles. The predicted molar refractivity (Wildman–Crippen MR) is 185 cm³/mol. The van der Waals surface area contributed by atoms with Gasteiger partial charge in [-0.05, 0) is 38.3 Å². The minimum absolute atomic E-state index is 0.00186. The largest absolute Gasteiger partial charge is 0.616 e. The lowest BCUT2D eigenvalue weighted by Crippen LogP contribution is -2.58. The van der Waals surface area contributed by atoms with Crippen molar-refractivity contribution in [1.29, 1.82) is 0 Å². The highest BCUT2D eigenvalue weighted by atomic mass is 32.2. The van der Waals surface area contributed by atoms with Crippen LogP contribution < -0.4 is 14.9 Å². The summed E-state index contributed by atoms with van der Waals surface area (Å²) in [6.45, 7) is 9.94. The summed E-state index contributed by atoms with van der Waals surface area (Å²) in [7, 11) is 0. The number of hydrogen-bond acceptors (Lipinski definition) is 12. The van der Waals surface area contributed by atoms with Crippen molar-refractivity contribution < 1.29 is 28.7 Å². The number of ether oxygens (including phenoxy) is 2. The summed E-state index contributed by atoms with van der Waals surface area (Å²) in [4.78, 5) is 47.0. The number of nitrogens with one attached hydrogen (secondary N) is 2. The third-order valence-corrected chi connectivity index (χ3v) is 12.4. The molecule has 0 aliphatic carbocycles. The molecule has 1 spiro atoms. The molecule has 258 valence electrons. The molecule has 12 nitrogen and oxygen atoms in total. The standard InChI is InChI=1S/C32H45N5O7S3/c1-22(2)29-34-24(19-45-29)30(40)37-14-15-44-32(20-37)8-12-36(13-9-32)11-5-17-47(42)16-4-3-10-33-18-25(39)23-6-7-26(43-21-38)27-28(23)46-31(41)35-27/h6-7,19,21-22,25,33,39H,3-5,8-18,20H2,1-2H3,(H,35,41)/t25-,47?/m0/s1. The Morgan fingerprint density at radius 1 is 1.26 bits per heavy atom. The van der Waals surface area contributed by atoms with E-state index < -0.39 is 17.3 Å². The number of thiazole rings is 2. The fourth-order valence-electron chi connectivity index (χ4n) is 6.17. The average Bonchev–Trinajstić information content (AvgIpc) is 3.71. The number of nitrogens with zero attached hydrogens (tertiary/aromatic N) is 3. The maximum absolute atomic E-state index is 13.1. The molecular formula is C32H45N5O7S3. The van der Waals surface area contributed by atoms with Crippen molar-refractivity contribution in [2.45, 2.75) is 63.6 Å². The van der Waals surface area contributed by atoms with Gasteiger partial charge in [0, 0.05) is 56.0 Å². The molecule has 3 aromatic rings. The van der Waals surface area contributed by atoms with E-state index in [9.17, 15) is 24.0 Å². The Hall–Kier alpha value is -2.37. The molecule has 15 heteroatoms. The van der Waals surface area contributed by atoms with E-state index in [-0.39, 0.29) is 22.1 Å². The number of carbonyl (C=O) groups excluding carboxylic acids is 2. The van der Waals surface area contributed by atoms with Crippen LogP contribution in [0.2, 0.25) is 0 Å². The Morgan fingerprint density at radius 3 is 2.79 bits per heavy atom. The molecule has 4 heterocycles. The van der Waals surface area contributed by atoms with Gasteiger partial charge in [0.05, 0.1) is 34.6 Å². The van der Waals surface area contributed by atoms with Gasteiger partial charge in [-0.15, -0.1) is 11.3 Å². The quantitative estimate of drug-likeness (QED) is 0.115. The second-order valence-electron chi connectivity index (χ2n) is 12.5. The van der Waals surface area contributed by atoms with Crippen LogP contribution in [0, 0.1) is 0 Å². The number of rotatable bonds is 16. The van der Waals surface area contributed by atoms with Crippen LogP contribution in [0.25, 0.3) is 10.2 Å². The molecule has 1 amide bonds. The minimum Gasteiger partial charge on any atom is -0.616 e. The van der Waals surface area contributed by atoms with Crippen LogP contribution in [-0.4, -0.2) is 111 Å². The van der Waals surface area contributed by atoms with E-state index in [0.29, 0.717) is 78.2 Å². The lowest BCUT2D eigenvalue weighted by Gasteiger charge is -2.47.